The fourth-order valence-corrected chi connectivity index (χ4v) is 2.26. The second-order valence-electron chi connectivity index (χ2n) is 4.11. The van der Waals surface area contributed by atoms with Gasteiger partial charge in [0.1, 0.15) is 5.52 Å². The van der Waals surface area contributed by atoms with Crippen LogP contribution in [0.25, 0.3) is 11.0 Å². The predicted molar refractivity (Wildman–Crippen MR) is 60.8 cm³/mol. The number of anilines is 1. The van der Waals surface area contributed by atoms with Crippen LogP contribution in [0.2, 0.25) is 0 Å². The molecule has 2 aromatic rings. The maximum atomic E-state index is 13.5. The first-order valence-electron chi connectivity index (χ1n) is 5.35. The van der Waals surface area contributed by atoms with Gasteiger partial charge in [-0.15, -0.1) is 0 Å². The first kappa shape index (κ1) is 10.1. The Morgan fingerprint density at radius 2 is 2.35 bits per heavy atom. The van der Waals surface area contributed by atoms with Crippen molar-refractivity contribution in [3.05, 3.63) is 24.0 Å². The van der Waals surface area contributed by atoms with Crippen molar-refractivity contribution in [2.24, 2.45) is 0 Å². The van der Waals surface area contributed by atoms with E-state index in [1.165, 1.54) is 6.07 Å². The largest absolute Gasteiger partial charge is 0.369 e. The number of imidazole rings is 1. The van der Waals surface area contributed by atoms with Crippen molar-refractivity contribution in [3.63, 3.8) is 0 Å². The number of hydrogen-bond donors (Lipinski definition) is 2. The topological polar surface area (TPSA) is 72.9 Å². The Balaban J connectivity index is 2.19. The third-order valence-electron chi connectivity index (χ3n) is 3.02. The second-order valence-corrected chi connectivity index (χ2v) is 4.11. The lowest BCUT2D eigenvalue weighted by molar-refractivity contribution is -0.119. The van der Waals surface area contributed by atoms with Crippen LogP contribution in [0.15, 0.2) is 18.2 Å². The van der Waals surface area contributed by atoms with E-state index in [0.717, 1.165) is 0 Å². The molecule has 3 N–H and O–H groups in total. The molecule has 0 spiro atoms. The molecule has 5 nitrogen and oxygen atoms in total. The zero-order valence-corrected chi connectivity index (χ0v) is 8.98. The first-order valence-corrected chi connectivity index (χ1v) is 5.35. The quantitative estimate of drug-likeness (QED) is 0.767. The van der Waals surface area contributed by atoms with Gasteiger partial charge in [-0.1, -0.05) is 6.07 Å². The van der Waals surface area contributed by atoms with Crippen LogP contribution in [-0.2, 0) is 4.79 Å². The molecule has 0 aliphatic carbocycles. The van der Waals surface area contributed by atoms with Gasteiger partial charge in [0.15, 0.2) is 5.82 Å². The van der Waals surface area contributed by atoms with Crippen LogP contribution in [0.3, 0.4) is 0 Å². The number of nitrogen functional groups attached to an aromatic ring is 1. The van der Waals surface area contributed by atoms with Gasteiger partial charge in [-0.25, -0.2) is 9.37 Å². The van der Waals surface area contributed by atoms with Gasteiger partial charge >= 0.3 is 0 Å². The van der Waals surface area contributed by atoms with Crippen LogP contribution in [-0.4, -0.2) is 22.0 Å². The summed E-state index contributed by atoms with van der Waals surface area (Å²) in [5, 5.41) is 2.73. The molecule has 2 heterocycles. The van der Waals surface area contributed by atoms with Crippen LogP contribution in [0.5, 0.6) is 0 Å². The Labute approximate surface area is 96.4 Å². The van der Waals surface area contributed by atoms with Crippen LogP contribution in [0, 0.1) is 5.82 Å². The number of benzene rings is 1. The number of carbonyl (C=O) groups is 1. The van der Waals surface area contributed by atoms with Crippen LogP contribution in [0.4, 0.5) is 10.3 Å². The number of carbonyl (C=O) groups excluding carboxylic acids is 1. The third kappa shape index (κ3) is 1.44. The minimum atomic E-state index is -0.398. The average Bonchev–Trinajstić information content (AvgIpc) is 2.82. The minimum absolute atomic E-state index is 0.0207. The zero-order chi connectivity index (χ0) is 12.0. The van der Waals surface area contributed by atoms with Gasteiger partial charge in [-0.3, -0.25) is 4.79 Å². The van der Waals surface area contributed by atoms with E-state index < -0.39 is 5.82 Å². The number of hydrogen-bond acceptors (Lipinski definition) is 3. The molecule has 1 aromatic carbocycles. The van der Waals surface area contributed by atoms with Crippen molar-refractivity contribution in [1.29, 1.82) is 0 Å². The maximum absolute atomic E-state index is 13.5. The highest BCUT2D eigenvalue weighted by molar-refractivity contribution is 5.82. The van der Waals surface area contributed by atoms with Gasteiger partial charge in [0, 0.05) is 13.0 Å². The lowest BCUT2D eigenvalue weighted by atomic mass is 10.2. The number of nitrogens with one attached hydrogen (secondary N) is 1. The van der Waals surface area contributed by atoms with E-state index in [-0.39, 0.29) is 23.4 Å². The van der Waals surface area contributed by atoms with Crippen LogP contribution < -0.4 is 11.1 Å². The SMILES string of the molecule is Nc1nc2c(F)cccc2n1C1CNC(=O)C1. The fourth-order valence-electron chi connectivity index (χ4n) is 2.26. The van der Waals surface area contributed by atoms with Crippen molar-refractivity contribution in [2.75, 3.05) is 12.3 Å². The van der Waals surface area contributed by atoms with Crippen molar-refractivity contribution < 1.29 is 9.18 Å². The summed E-state index contributed by atoms with van der Waals surface area (Å²) in [6, 6.07) is 4.62. The highest BCUT2D eigenvalue weighted by Gasteiger charge is 2.26. The lowest BCUT2D eigenvalue weighted by Crippen LogP contribution is -2.16. The Kier molecular flexibility index (Phi) is 2.04. The predicted octanol–water partition coefficient (Wildman–Crippen LogP) is 0.819. The highest BCUT2D eigenvalue weighted by atomic mass is 19.1. The molecule has 6 heteroatoms. The summed E-state index contributed by atoms with van der Waals surface area (Å²) < 4.78 is 15.2. The average molecular weight is 234 g/mol. The standard InChI is InChI=1S/C11H11FN4O/c12-7-2-1-3-8-10(7)15-11(13)16(8)6-4-9(17)14-5-6/h1-3,6H,4-5H2,(H2,13,15)(H,14,17). The molecule has 0 radical (unpaired) electrons. The smallest absolute Gasteiger partial charge is 0.222 e. The number of fused-ring (bicyclic) bond motifs is 1. The van der Waals surface area contributed by atoms with E-state index in [2.05, 4.69) is 10.3 Å². The molecule has 1 aromatic heterocycles. The number of amides is 1. The number of nitrogens with zero attached hydrogens (tertiary/aromatic N) is 2. The Morgan fingerprint density at radius 1 is 1.53 bits per heavy atom. The lowest BCUT2D eigenvalue weighted by Gasteiger charge is -2.12. The molecule has 1 unspecified atom stereocenters. The van der Waals surface area contributed by atoms with E-state index in [1.807, 2.05) is 0 Å². The van der Waals surface area contributed by atoms with Crippen molar-refractivity contribution in [2.45, 2.75) is 12.5 Å². The van der Waals surface area contributed by atoms with E-state index in [9.17, 15) is 9.18 Å². The zero-order valence-electron chi connectivity index (χ0n) is 8.98. The molecule has 0 bridgehead atoms. The summed E-state index contributed by atoms with van der Waals surface area (Å²) in [7, 11) is 0. The number of halogens is 1. The monoisotopic (exact) mass is 234 g/mol. The number of para-hydroxylation sites is 1. The molecule has 1 aliphatic rings. The first-order chi connectivity index (χ1) is 8.16. The van der Waals surface area contributed by atoms with Crippen molar-refractivity contribution in [3.8, 4) is 0 Å². The molecule has 1 aliphatic heterocycles. The molecule has 1 fully saturated rings. The summed E-state index contributed by atoms with van der Waals surface area (Å²) in [5.74, 6) is -0.176. The van der Waals surface area contributed by atoms with Gasteiger partial charge in [-0.2, -0.15) is 0 Å². The van der Waals surface area contributed by atoms with Crippen molar-refractivity contribution in [1.82, 2.24) is 14.9 Å². The van der Waals surface area contributed by atoms with Gasteiger partial charge in [0.25, 0.3) is 0 Å². The molecule has 88 valence electrons. The van der Waals surface area contributed by atoms with Gasteiger partial charge in [0.2, 0.25) is 11.9 Å². The van der Waals surface area contributed by atoms with E-state index in [0.29, 0.717) is 18.5 Å². The summed E-state index contributed by atoms with van der Waals surface area (Å²) in [6.45, 7) is 0.505. The normalized spacial score (nSPS) is 19.8. The van der Waals surface area contributed by atoms with Gasteiger partial charge in [0.05, 0.1) is 11.6 Å². The van der Waals surface area contributed by atoms with Gasteiger partial charge < -0.3 is 15.6 Å². The Bertz CT molecular complexity index is 607. The molecule has 1 amide bonds. The van der Waals surface area contributed by atoms with E-state index in [4.69, 9.17) is 5.73 Å². The summed E-state index contributed by atoms with van der Waals surface area (Å²) >= 11 is 0. The molecular formula is C11H11FN4O. The molecule has 3 rings (SSSR count). The van der Waals surface area contributed by atoms with Crippen molar-refractivity contribution >= 4 is 22.9 Å². The summed E-state index contributed by atoms with van der Waals surface area (Å²) in [4.78, 5) is 15.2. The van der Waals surface area contributed by atoms with E-state index >= 15 is 0 Å². The maximum Gasteiger partial charge on any atom is 0.222 e. The molecule has 17 heavy (non-hydrogen) atoms. The Hall–Kier alpha value is -2.11. The second kappa shape index (κ2) is 3.44. The number of aromatic nitrogens is 2. The number of rotatable bonds is 1. The number of nitrogens with two attached hydrogens (primary N) is 1. The summed E-state index contributed by atoms with van der Waals surface area (Å²) in [5.41, 5.74) is 6.68. The third-order valence-corrected chi connectivity index (χ3v) is 3.02. The van der Waals surface area contributed by atoms with E-state index in [1.54, 1.807) is 16.7 Å². The Morgan fingerprint density at radius 3 is 3.06 bits per heavy atom. The molecule has 1 atom stereocenters. The van der Waals surface area contributed by atoms with Crippen LogP contribution >= 0.6 is 0 Å². The molecular weight excluding hydrogens is 223 g/mol. The fraction of sp³-hybridized carbons (Fsp3) is 0.273. The van der Waals surface area contributed by atoms with Gasteiger partial charge in [-0.05, 0) is 12.1 Å². The summed E-state index contributed by atoms with van der Waals surface area (Å²) in [6.07, 6.45) is 0.353. The van der Waals surface area contributed by atoms with Crippen LogP contribution in [0.1, 0.15) is 12.5 Å². The molecule has 0 saturated carbocycles. The highest BCUT2D eigenvalue weighted by Crippen LogP contribution is 2.27. The molecule has 1 saturated heterocycles. The minimum Gasteiger partial charge on any atom is -0.369 e.